The normalized spacial score (nSPS) is 16.6. The van der Waals surface area contributed by atoms with Crippen LogP contribution >= 0.6 is 15.9 Å². The fraction of sp³-hybridized carbons (Fsp3) is 0.333. The lowest BCUT2D eigenvalue weighted by atomic mass is 10.0. The maximum atomic E-state index is 11.9. The van der Waals surface area contributed by atoms with Gasteiger partial charge in [0.05, 0.1) is 0 Å². The second-order valence-electron chi connectivity index (χ2n) is 6.54. The van der Waals surface area contributed by atoms with Gasteiger partial charge in [-0.2, -0.15) is 0 Å². The molecule has 7 heteroatoms. The summed E-state index contributed by atoms with van der Waals surface area (Å²) in [5.74, 6) is -0.0947. The molecule has 25 heavy (non-hydrogen) atoms. The second-order valence-corrected chi connectivity index (χ2v) is 7.45. The molecule has 0 saturated heterocycles. The first-order valence-electron chi connectivity index (χ1n) is 7.75. The lowest BCUT2D eigenvalue weighted by molar-refractivity contribution is -0.158. The summed E-state index contributed by atoms with van der Waals surface area (Å²) in [6, 6.07) is 0. The molecule has 0 atom stereocenters. The molecular formula is C18H21BrN2O4. The SMILES string of the molecule is CC1=C(NC(=O)OCC(=O)OC(C)(C)C)NC2=CC=CC(Br)=CC2=C1. The minimum atomic E-state index is -0.731. The van der Waals surface area contributed by atoms with Gasteiger partial charge in [0.2, 0.25) is 0 Å². The van der Waals surface area contributed by atoms with Crippen LogP contribution in [0.5, 0.6) is 0 Å². The summed E-state index contributed by atoms with van der Waals surface area (Å²) >= 11 is 3.45. The first-order valence-corrected chi connectivity index (χ1v) is 8.54. The maximum Gasteiger partial charge on any atom is 0.413 e. The van der Waals surface area contributed by atoms with Gasteiger partial charge in [-0.3, -0.25) is 5.32 Å². The van der Waals surface area contributed by atoms with Crippen LogP contribution in [0.3, 0.4) is 0 Å². The summed E-state index contributed by atoms with van der Waals surface area (Å²) in [6.07, 6.45) is 8.90. The fourth-order valence-corrected chi connectivity index (χ4v) is 2.54. The lowest BCUT2D eigenvalue weighted by Gasteiger charge is -2.22. The number of dihydropyridines is 1. The molecule has 0 aromatic rings. The van der Waals surface area contributed by atoms with Crippen molar-refractivity contribution < 1.29 is 19.1 Å². The molecule has 2 aliphatic rings. The molecule has 0 radical (unpaired) electrons. The number of allylic oxidation sites excluding steroid dienone is 7. The average Bonchev–Trinajstić information content (AvgIpc) is 2.64. The summed E-state index contributed by atoms with van der Waals surface area (Å²) in [5.41, 5.74) is 2.05. The highest BCUT2D eigenvalue weighted by atomic mass is 79.9. The quantitative estimate of drug-likeness (QED) is 0.698. The van der Waals surface area contributed by atoms with Crippen LogP contribution in [0.25, 0.3) is 0 Å². The van der Waals surface area contributed by atoms with Crippen molar-refractivity contribution in [2.24, 2.45) is 0 Å². The highest BCUT2D eigenvalue weighted by Crippen LogP contribution is 2.25. The van der Waals surface area contributed by atoms with Crippen LogP contribution in [0.15, 0.2) is 57.5 Å². The molecule has 1 heterocycles. The van der Waals surface area contributed by atoms with E-state index in [1.165, 1.54) is 0 Å². The van der Waals surface area contributed by atoms with Crippen molar-refractivity contribution in [3.63, 3.8) is 0 Å². The van der Waals surface area contributed by atoms with Crippen LogP contribution in [0.4, 0.5) is 4.79 Å². The first-order chi connectivity index (χ1) is 11.6. The summed E-state index contributed by atoms with van der Waals surface area (Å²) < 4.78 is 10.9. The van der Waals surface area contributed by atoms with Crippen LogP contribution < -0.4 is 10.6 Å². The average molecular weight is 409 g/mol. The van der Waals surface area contributed by atoms with Gasteiger partial charge in [-0.1, -0.05) is 22.0 Å². The summed E-state index contributed by atoms with van der Waals surface area (Å²) in [6.45, 7) is 6.65. The Kier molecular flexibility index (Phi) is 5.89. The van der Waals surface area contributed by atoms with Gasteiger partial charge >= 0.3 is 12.1 Å². The Hall–Kier alpha value is -2.28. The minimum Gasteiger partial charge on any atom is -0.457 e. The second kappa shape index (κ2) is 7.74. The Morgan fingerprint density at radius 2 is 2.00 bits per heavy atom. The van der Waals surface area contributed by atoms with Gasteiger partial charge in [-0.05, 0) is 63.1 Å². The van der Waals surface area contributed by atoms with E-state index < -0.39 is 24.3 Å². The van der Waals surface area contributed by atoms with Gasteiger partial charge in [0.1, 0.15) is 11.4 Å². The van der Waals surface area contributed by atoms with Crippen LogP contribution in [0.2, 0.25) is 0 Å². The van der Waals surface area contributed by atoms with Crippen molar-refractivity contribution >= 4 is 28.0 Å². The molecule has 0 saturated carbocycles. The summed E-state index contributed by atoms with van der Waals surface area (Å²) in [4.78, 5) is 23.5. The van der Waals surface area contributed by atoms with Crippen molar-refractivity contribution in [3.8, 4) is 0 Å². The third-order valence-corrected chi connectivity index (χ3v) is 3.61. The van der Waals surface area contributed by atoms with Gasteiger partial charge in [0.25, 0.3) is 0 Å². The topological polar surface area (TPSA) is 76.7 Å². The van der Waals surface area contributed by atoms with Crippen molar-refractivity contribution in [1.29, 1.82) is 0 Å². The molecule has 1 aliphatic heterocycles. The Bertz CT molecular complexity index is 737. The molecular weight excluding hydrogens is 388 g/mol. The molecule has 0 fully saturated rings. The van der Waals surface area contributed by atoms with E-state index in [1.54, 1.807) is 20.8 Å². The molecule has 0 aromatic heterocycles. The molecule has 2 rings (SSSR count). The Morgan fingerprint density at radius 3 is 2.68 bits per heavy atom. The third-order valence-electron chi connectivity index (χ3n) is 3.12. The number of rotatable bonds is 3. The molecule has 2 N–H and O–H groups in total. The Labute approximate surface area is 155 Å². The largest absolute Gasteiger partial charge is 0.457 e. The number of fused-ring (bicyclic) bond motifs is 1. The number of carbonyl (C=O) groups is 2. The van der Waals surface area contributed by atoms with E-state index in [9.17, 15) is 9.59 Å². The highest BCUT2D eigenvalue weighted by molar-refractivity contribution is 9.11. The standard InChI is InChI=1S/C18H21BrN2O4/c1-11-8-12-9-13(19)6-5-7-14(12)20-16(11)21-17(23)24-10-15(22)25-18(2,3)4/h5-9,20H,10H2,1-4H3,(H,21,23). The Balaban J connectivity index is 1.97. The molecule has 0 unspecified atom stereocenters. The molecule has 6 nitrogen and oxygen atoms in total. The zero-order valence-electron chi connectivity index (χ0n) is 14.6. The van der Waals surface area contributed by atoms with Gasteiger partial charge < -0.3 is 14.8 Å². The predicted molar refractivity (Wildman–Crippen MR) is 98.5 cm³/mol. The molecule has 1 aliphatic carbocycles. The number of halogens is 1. The summed E-state index contributed by atoms with van der Waals surface area (Å²) in [7, 11) is 0. The van der Waals surface area contributed by atoms with E-state index >= 15 is 0 Å². The maximum absolute atomic E-state index is 11.9. The van der Waals surface area contributed by atoms with E-state index in [4.69, 9.17) is 9.47 Å². The van der Waals surface area contributed by atoms with Crippen LogP contribution in [-0.2, 0) is 14.3 Å². The first kappa shape index (κ1) is 19.1. The molecule has 0 aromatic carbocycles. The predicted octanol–water partition coefficient (Wildman–Crippen LogP) is 3.55. The van der Waals surface area contributed by atoms with E-state index in [0.29, 0.717) is 5.82 Å². The van der Waals surface area contributed by atoms with Gasteiger partial charge in [-0.15, -0.1) is 0 Å². The van der Waals surface area contributed by atoms with Crippen LogP contribution in [0, 0.1) is 0 Å². The smallest absolute Gasteiger partial charge is 0.413 e. The van der Waals surface area contributed by atoms with Crippen molar-refractivity contribution in [2.45, 2.75) is 33.3 Å². The fourth-order valence-electron chi connectivity index (χ4n) is 2.14. The molecule has 0 spiro atoms. The van der Waals surface area contributed by atoms with E-state index in [1.807, 2.05) is 37.3 Å². The minimum absolute atomic E-state index is 0.447. The lowest BCUT2D eigenvalue weighted by Crippen LogP contribution is -2.36. The van der Waals surface area contributed by atoms with Gasteiger partial charge in [0.15, 0.2) is 6.61 Å². The number of amides is 1. The third kappa shape index (κ3) is 5.94. The van der Waals surface area contributed by atoms with Crippen molar-refractivity contribution in [3.05, 3.63) is 57.5 Å². The van der Waals surface area contributed by atoms with Gasteiger partial charge in [-0.25, -0.2) is 9.59 Å². The Morgan fingerprint density at radius 1 is 1.28 bits per heavy atom. The molecule has 1 amide bonds. The number of nitrogens with one attached hydrogen (secondary N) is 2. The van der Waals surface area contributed by atoms with E-state index in [-0.39, 0.29) is 0 Å². The number of carbonyl (C=O) groups excluding carboxylic acids is 2. The van der Waals surface area contributed by atoms with Crippen LogP contribution in [-0.4, -0.2) is 24.3 Å². The van der Waals surface area contributed by atoms with Crippen molar-refractivity contribution in [2.75, 3.05) is 6.61 Å². The van der Waals surface area contributed by atoms with E-state index in [0.717, 1.165) is 21.3 Å². The van der Waals surface area contributed by atoms with E-state index in [2.05, 4.69) is 26.6 Å². The van der Waals surface area contributed by atoms with Crippen LogP contribution in [0.1, 0.15) is 27.7 Å². The number of esters is 1. The highest BCUT2D eigenvalue weighted by Gasteiger charge is 2.20. The number of hydrogen-bond donors (Lipinski definition) is 2. The zero-order valence-corrected chi connectivity index (χ0v) is 16.2. The monoisotopic (exact) mass is 408 g/mol. The molecule has 0 bridgehead atoms. The number of hydrogen-bond acceptors (Lipinski definition) is 5. The van der Waals surface area contributed by atoms with Gasteiger partial charge in [0, 0.05) is 10.2 Å². The zero-order chi connectivity index (χ0) is 18.6. The van der Waals surface area contributed by atoms with Crippen molar-refractivity contribution in [1.82, 2.24) is 10.6 Å². The summed E-state index contributed by atoms with van der Waals surface area (Å²) in [5, 5.41) is 5.76. The molecule has 134 valence electrons. The number of alkyl carbamates (subject to hydrolysis) is 1. The number of ether oxygens (including phenoxy) is 2.